The van der Waals surface area contributed by atoms with Gasteiger partial charge in [-0.3, -0.25) is 4.79 Å². The maximum Gasteiger partial charge on any atom is 0.407 e. The smallest absolute Gasteiger partial charge is 0.407 e. The third-order valence-corrected chi connectivity index (χ3v) is 11.6. The van der Waals surface area contributed by atoms with Gasteiger partial charge in [-0.1, -0.05) is 60.2 Å². The van der Waals surface area contributed by atoms with E-state index in [-0.39, 0.29) is 59.3 Å². The van der Waals surface area contributed by atoms with E-state index in [0.717, 1.165) is 44.9 Å². The average Bonchev–Trinajstić information content (AvgIpc) is 3.97. The van der Waals surface area contributed by atoms with Crippen molar-refractivity contribution < 1.29 is 33.3 Å². The standard InChI is InChI=1S/C39H49NO7/c1-24(2)13-18-33-38(3,47-33)35-34(43-4)32(19-20-39(35)23-45-39)46-36(41)26-16-14-25(15-17-26)21-40-37(42)44-22-31-29-11-7-5-9-27(29)28-10-6-8-12-30(28)31/h5-13,25-26,31-35H,14-23H2,1-4H3,(H,40,42)/t25?,26?,32-,33-,34-,35-,38+,39+/m1/s1. The molecule has 1 spiro atoms. The predicted octanol–water partition coefficient (Wildman–Crippen LogP) is 6.95. The van der Waals surface area contributed by atoms with Gasteiger partial charge >= 0.3 is 12.1 Å². The molecule has 1 amide bonds. The Kier molecular flexibility index (Phi) is 8.96. The van der Waals surface area contributed by atoms with E-state index < -0.39 is 0 Å². The summed E-state index contributed by atoms with van der Waals surface area (Å²) in [5, 5.41) is 2.98. The van der Waals surface area contributed by atoms with Crippen LogP contribution in [-0.2, 0) is 28.5 Å². The molecule has 3 aliphatic carbocycles. The van der Waals surface area contributed by atoms with Crippen LogP contribution in [0.15, 0.2) is 60.2 Å². The maximum atomic E-state index is 13.4. The van der Waals surface area contributed by atoms with Crippen molar-refractivity contribution in [1.82, 2.24) is 5.32 Å². The number of fused-ring (bicyclic) bond motifs is 3. The fraction of sp³-hybridized carbons (Fsp3) is 0.590. The summed E-state index contributed by atoms with van der Waals surface area (Å²) in [4.78, 5) is 26.2. The number of hydrogen-bond acceptors (Lipinski definition) is 7. The summed E-state index contributed by atoms with van der Waals surface area (Å²) in [6.07, 6.45) is 7.04. The van der Waals surface area contributed by atoms with E-state index in [0.29, 0.717) is 25.7 Å². The van der Waals surface area contributed by atoms with Gasteiger partial charge in [-0.2, -0.15) is 0 Å². The Morgan fingerprint density at radius 1 is 0.979 bits per heavy atom. The quantitative estimate of drug-likeness (QED) is 0.170. The van der Waals surface area contributed by atoms with Crippen molar-refractivity contribution >= 4 is 12.1 Å². The zero-order chi connectivity index (χ0) is 32.8. The van der Waals surface area contributed by atoms with Gasteiger partial charge in [0.1, 0.15) is 30.0 Å². The summed E-state index contributed by atoms with van der Waals surface area (Å²) < 4.78 is 30.4. The Bertz CT molecular complexity index is 1460. The molecule has 2 saturated carbocycles. The molecule has 2 aromatic rings. The van der Waals surface area contributed by atoms with Crippen LogP contribution in [0.5, 0.6) is 0 Å². The highest BCUT2D eigenvalue weighted by atomic mass is 16.6. The summed E-state index contributed by atoms with van der Waals surface area (Å²) >= 11 is 0. The summed E-state index contributed by atoms with van der Waals surface area (Å²) in [5.74, 6) is 0.0960. The van der Waals surface area contributed by atoms with Crippen LogP contribution in [0.4, 0.5) is 4.79 Å². The summed E-state index contributed by atoms with van der Waals surface area (Å²) in [6.45, 7) is 7.93. The highest BCUT2D eigenvalue weighted by molar-refractivity contribution is 5.79. The average molecular weight is 644 g/mol. The van der Waals surface area contributed by atoms with Crippen molar-refractivity contribution in [3.63, 3.8) is 0 Å². The second-order valence-electron chi connectivity index (χ2n) is 14.8. The molecule has 2 aliphatic heterocycles. The van der Waals surface area contributed by atoms with Crippen molar-refractivity contribution in [2.75, 3.05) is 26.9 Å². The number of allylic oxidation sites excluding steroid dienone is 1. The molecule has 4 fully saturated rings. The number of hydrogen-bond donors (Lipinski definition) is 1. The number of epoxide rings is 2. The minimum atomic E-state index is -0.389. The van der Waals surface area contributed by atoms with Gasteiger partial charge < -0.3 is 29.0 Å². The number of alkyl carbamates (subject to hydrolysis) is 1. The Labute approximate surface area is 278 Å². The van der Waals surface area contributed by atoms with Gasteiger partial charge in [0.25, 0.3) is 0 Å². The van der Waals surface area contributed by atoms with Crippen LogP contribution in [0, 0.1) is 17.8 Å². The van der Waals surface area contributed by atoms with Gasteiger partial charge in [0.2, 0.25) is 0 Å². The Balaban J connectivity index is 0.872. The molecular weight excluding hydrogens is 594 g/mol. The first-order chi connectivity index (χ1) is 22.7. The van der Waals surface area contributed by atoms with Crippen molar-refractivity contribution in [3.8, 4) is 11.1 Å². The summed E-state index contributed by atoms with van der Waals surface area (Å²) in [5.41, 5.74) is 5.51. The molecule has 0 unspecified atom stereocenters. The van der Waals surface area contributed by atoms with Crippen LogP contribution < -0.4 is 5.32 Å². The largest absolute Gasteiger partial charge is 0.459 e. The van der Waals surface area contributed by atoms with Crippen LogP contribution in [0.3, 0.4) is 0 Å². The molecule has 0 bridgehead atoms. The molecule has 2 saturated heterocycles. The zero-order valence-corrected chi connectivity index (χ0v) is 28.2. The van der Waals surface area contributed by atoms with E-state index in [1.165, 1.54) is 27.8 Å². The number of esters is 1. The van der Waals surface area contributed by atoms with E-state index >= 15 is 0 Å². The fourth-order valence-electron chi connectivity index (χ4n) is 8.80. The van der Waals surface area contributed by atoms with Gasteiger partial charge in [-0.15, -0.1) is 0 Å². The van der Waals surface area contributed by atoms with Gasteiger partial charge in [-0.05, 0) is 93.9 Å². The first-order valence-electron chi connectivity index (χ1n) is 17.5. The second-order valence-corrected chi connectivity index (χ2v) is 14.8. The van der Waals surface area contributed by atoms with E-state index in [2.05, 4.69) is 56.4 Å². The Hall–Kier alpha value is -3.20. The normalized spacial score (nSPS) is 33.8. The highest BCUT2D eigenvalue weighted by Crippen LogP contribution is 2.59. The molecule has 7 rings (SSSR count). The number of ether oxygens (including phenoxy) is 5. The second kappa shape index (κ2) is 13.0. The molecule has 8 heteroatoms. The molecule has 0 aromatic heterocycles. The van der Waals surface area contributed by atoms with Crippen LogP contribution in [0.1, 0.15) is 82.8 Å². The Morgan fingerprint density at radius 2 is 1.64 bits per heavy atom. The first kappa shape index (κ1) is 32.4. The number of amides is 1. The molecule has 8 nitrogen and oxygen atoms in total. The molecular formula is C39H49NO7. The number of carbonyl (C=O) groups is 2. The van der Waals surface area contributed by atoms with Crippen LogP contribution >= 0.6 is 0 Å². The minimum absolute atomic E-state index is 0.0156. The molecule has 6 atom stereocenters. The highest BCUT2D eigenvalue weighted by Gasteiger charge is 2.72. The van der Waals surface area contributed by atoms with Gasteiger partial charge in [0.15, 0.2) is 0 Å². The number of rotatable bonds is 10. The minimum Gasteiger partial charge on any atom is -0.459 e. The molecule has 2 heterocycles. The first-order valence-corrected chi connectivity index (χ1v) is 17.5. The lowest BCUT2D eigenvalue weighted by molar-refractivity contribution is -0.177. The lowest BCUT2D eigenvalue weighted by atomic mass is 9.68. The van der Waals surface area contributed by atoms with Crippen molar-refractivity contribution in [3.05, 3.63) is 71.3 Å². The van der Waals surface area contributed by atoms with Crippen LogP contribution in [0.25, 0.3) is 11.1 Å². The topological polar surface area (TPSA) is 98.9 Å². The molecule has 47 heavy (non-hydrogen) atoms. The summed E-state index contributed by atoms with van der Waals surface area (Å²) in [7, 11) is 1.71. The molecule has 5 aliphatic rings. The lowest BCUT2D eigenvalue weighted by Gasteiger charge is -2.43. The molecule has 0 radical (unpaired) electrons. The van der Waals surface area contributed by atoms with E-state index in [4.69, 9.17) is 23.7 Å². The third kappa shape index (κ3) is 6.36. The number of benzene rings is 2. The van der Waals surface area contributed by atoms with Crippen LogP contribution in [-0.4, -0.2) is 68.4 Å². The van der Waals surface area contributed by atoms with Crippen molar-refractivity contribution in [1.29, 1.82) is 0 Å². The van der Waals surface area contributed by atoms with Gasteiger partial charge in [-0.25, -0.2) is 4.79 Å². The summed E-state index contributed by atoms with van der Waals surface area (Å²) in [6, 6.07) is 16.7. The monoisotopic (exact) mass is 643 g/mol. The molecule has 1 N–H and O–H groups in total. The van der Waals surface area contributed by atoms with E-state index in [9.17, 15) is 9.59 Å². The SMILES string of the molecule is CO[C@@H]1[C@H](OC(=O)C2CCC(CNC(=O)OCC3c4ccccc4-c4ccccc43)CC2)CC[C@]2(CO2)[C@H]1[C@@]1(C)O[C@@H]1CC=C(C)C. The van der Waals surface area contributed by atoms with Gasteiger partial charge in [0, 0.05) is 19.6 Å². The van der Waals surface area contributed by atoms with E-state index in [1.54, 1.807) is 7.11 Å². The third-order valence-electron chi connectivity index (χ3n) is 11.6. The lowest BCUT2D eigenvalue weighted by Crippen LogP contribution is -2.56. The molecule has 2 aromatic carbocycles. The molecule has 252 valence electrons. The number of carbonyl (C=O) groups excluding carboxylic acids is 2. The number of methoxy groups -OCH3 is 1. The van der Waals surface area contributed by atoms with Crippen molar-refractivity contribution in [2.24, 2.45) is 17.8 Å². The Morgan fingerprint density at radius 3 is 2.26 bits per heavy atom. The fourth-order valence-corrected chi connectivity index (χ4v) is 8.80. The van der Waals surface area contributed by atoms with E-state index in [1.807, 2.05) is 24.3 Å². The maximum absolute atomic E-state index is 13.4. The van der Waals surface area contributed by atoms with Crippen LogP contribution in [0.2, 0.25) is 0 Å². The van der Waals surface area contributed by atoms with Crippen molar-refractivity contribution in [2.45, 2.75) is 101 Å². The predicted molar refractivity (Wildman–Crippen MR) is 178 cm³/mol. The van der Waals surface area contributed by atoms with Gasteiger partial charge in [0.05, 0.1) is 24.5 Å². The number of nitrogens with one attached hydrogen (secondary N) is 1. The zero-order valence-electron chi connectivity index (χ0n) is 28.2.